The van der Waals surface area contributed by atoms with Crippen LogP contribution in [0.4, 0.5) is 5.95 Å². The fourth-order valence-electron chi connectivity index (χ4n) is 4.11. The third-order valence-electron chi connectivity index (χ3n) is 5.79. The first kappa shape index (κ1) is 23.1. The standard InChI is InChI=1S/C24H24Cl2N4O3/c1-4-20(31)28-16-6-5-7-17(16)30-24-27-12-14-10-13(8-9-15(14)29-24)21-22(25)18(32-2)11-19(33-3)23(21)26/h4,8-12,16-17H,1,5-7H2,2-3H3,(H,28,31)(H,27,29,30)/t16-,17+/m1/s1. The summed E-state index contributed by atoms with van der Waals surface area (Å²) in [6.07, 6.45) is 5.88. The van der Waals surface area contributed by atoms with E-state index in [0.717, 1.165) is 35.7 Å². The number of fused-ring (bicyclic) bond motifs is 1. The Balaban J connectivity index is 1.63. The summed E-state index contributed by atoms with van der Waals surface area (Å²) in [7, 11) is 3.08. The van der Waals surface area contributed by atoms with Gasteiger partial charge in [-0.2, -0.15) is 0 Å². The number of amides is 1. The summed E-state index contributed by atoms with van der Waals surface area (Å²) in [5.74, 6) is 1.28. The van der Waals surface area contributed by atoms with Gasteiger partial charge in [-0.3, -0.25) is 4.79 Å². The van der Waals surface area contributed by atoms with Crippen molar-refractivity contribution in [2.45, 2.75) is 31.3 Å². The van der Waals surface area contributed by atoms with Crippen LogP contribution in [0, 0.1) is 0 Å². The summed E-state index contributed by atoms with van der Waals surface area (Å²) in [6, 6.07) is 7.45. The van der Waals surface area contributed by atoms with Crippen LogP contribution < -0.4 is 20.1 Å². The van der Waals surface area contributed by atoms with Gasteiger partial charge in [0.15, 0.2) is 0 Å². The Kier molecular flexibility index (Phi) is 6.91. The van der Waals surface area contributed by atoms with Gasteiger partial charge in [-0.1, -0.05) is 35.8 Å². The Labute approximate surface area is 202 Å². The van der Waals surface area contributed by atoms with Gasteiger partial charge < -0.3 is 20.1 Å². The molecule has 0 saturated heterocycles. The number of ether oxygens (including phenoxy) is 2. The Hall–Kier alpha value is -3.03. The largest absolute Gasteiger partial charge is 0.495 e. The second kappa shape index (κ2) is 9.85. The maximum atomic E-state index is 11.7. The number of nitrogens with one attached hydrogen (secondary N) is 2. The molecule has 1 aliphatic carbocycles. The highest BCUT2D eigenvalue weighted by atomic mass is 35.5. The molecule has 9 heteroatoms. The predicted molar refractivity (Wildman–Crippen MR) is 131 cm³/mol. The van der Waals surface area contributed by atoms with E-state index in [1.807, 2.05) is 18.2 Å². The van der Waals surface area contributed by atoms with Gasteiger partial charge >= 0.3 is 0 Å². The fraction of sp³-hybridized carbons (Fsp3) is 0.292. The van der Waals surface area contributed by atoms with Crippen LogP contribution in [0.3, 0.4) is 0 Å². The van der Waals surface area contributed by atoms with Gasteiger partial charge in [0, 0.05) is 35.3 Å². The molecule has 0 bridgehead atoms. The Morgan fingerprint density at radius 3 is 2.48 bits per heavy atom. The van der Waals surface area contributed by atoms with Crippen molar-refractivity contribution >= 4 is 46.0 Å². The van der Waals surface area contributed by atoms with E-state index in [1.165, 1.54) is 6.08 Å². The highest BCUT2D eigenvalue weighted by Crippen LogP contribution is 2.46. The van der Waals surface area contributed by atoms with Crippen molar-refractivity contribution in [3.63, 3.8) is 0 Å². The van der Waals surface area contributed by atoms with Gasteiger partial charge in [-0.25, -0.2) is 9.97 Å². The molecule has 3 aromatic rings. The number of anilines is 1. The molecular weight excluding hydrogens is 463 g/mol. The van der Waals surface area contributed by atoms with Crippen LogP contribution in [-0.4, -0.2) is 42.2 Å². The number of benzene rings is 2. The van der Waals surface area contributed by atoms with Gasteiger partial charge in [0.1, 0.15) is 11.5 Å². The van der Waals surface area contributed by atoms with Crippen molar-refractivity contribution in [2.24, 2.45) is 0 Å². The maximum absolute atomic E-state index is 11.7. The van der Waals surface area contributed by atoms with Crippen LogP contribution in [0.25, 0.3) is 22.0 Å². The molecule has 1 heterocycles. The summed E-state index contributed by atoms with van der Waals surface area (Å²) in [5, 5.41) is 7.96. The van der Waals surface area contributed by atoms with E-state index in [4.69, 9.17) is 32.7 Å². The molecule has 2 N–H and O–H groups in total. The molecule has 1 fully saturated rings. The zero-order valence-corrected chi connectivity index (χ0v) is 19.8. The average Bonchev–Trinajstić information content (AvgIpc) is 3.25. The van der Waals surface area contributed by atoms with E-state index in [1.54, 1.807) is 26.5 Å². The zero-order valence-electron chi connectivity index (χ0n) is 18.3. The van der Waals surface area contributed by atoms with Gasteiger partial charge in [-0.05, 0) is 43.0 Å². The monoisotopic (exact) mass is 486 g/mol. The summed E-state index contributed by atoms with van der Waals surface area (Å²) in [5.41, 5.74) is 2.18. The predicted octanol–water partition coefficient (Wildman–Crippen LogP) is 5.26. The van der Waals surface area contributed by atoms with Crippen molar-refractivity contribution in [2.75, 3.05) is 19.5 Å². The van der Waals surface area contributed by atoms with Crippen LogP contribution in [0.5, 0.6) is 11.5 Å². The van der Waals surface area contributed by atoms with Gasteiger partial charge in [0.05, 0.1) is 29.8 Å². The summed E-state index contributed by atoms with van der Waals surface area (Å²) in [6.45, 7) is 3.52. The Morgan fingerprint density at radius 2 is 1.82 bits per heavy atom. The lowest BCUT2D eigenvalue weighted by atomic mass is 10.0. The first-order chi connectivity index (χ1) is 15.9. The summed E-state index contributed by atoms with van der Waals surface area (Å²) in [4.78, 5) is 20.8. The molecule has 0 spiro atoms. The van der Waals surface area contributed by atoms with Crippen LogP contribution >= 0.6 is 23.2 Å². The molecule has 172 valence electrons. The van der Waals surface area contributed by atoms with Crippen LogP contribution in [0.15, 0.2) is 43.1 Å². The maximum Gasteiger partial charge on any atom is 0.243 e. The highest BCUT2D eigenvalue weighted by Gasteiger charge is 2.28. The SMILES string of the molecule is C=CC(=O)N[C@@H]1CCC[C@@H]1Nc1ncc2cc(-c3c(Cl)c(OC)cc(OC)c3Cl)ccc2n1. The van der Waals surface area contributed by atoms with E-state index in [2.05, 4.69) is 27.2 Å². The molecule has 1 saturated carbocycles. The number of hydrogen-bond donors (Lipinski definition) is 2. The smallest absolute Gasteiger partial charge is 0.243 e. The minimum Gasteiger partial charge on any atom is -0.495 e. The van der Waals surface area contributed by atoms with E-state index in [9.17, 15) is 4.79 Å². The highest BCUT2D eigenvalue weighted by molar-refractivity contribution is 6.41. The number of rotatable bonds is 7. The summed E-state index contributed by atoms with van der Waals surface area (Å²) < 4.78 is 10.8. The number of hydrogen-bond acceptors (Lipinski definition) is 6. The minimum absolute atomic E-state index is 0.0181. The first-order valence-electron chi connectivity index (χ1n) is 10.5. The molecule has 2 atom stereocenters. The third-order valence-corrected chi connectivity index (χ3v) is 6.54. The number of carbonyl (C=O) groups is 1. The number of methoxy groups -OCH3 is 2. The third kappa shape index (κ3) is 4.70. The lowest BCUT2D eigenvalue weighted by Crippen LogP contribution is -2.42. The molecule has 1 amide bonds. The molecule has 4 rings (SSSR count). The molecule has 0 radical (unpaired) electrons. The molecule has 1 aromatic heterocycles. The normalized spacial score (nSPS) is 17.6. The van der Waals surface area contributed by atoms with E-state index in [-0.39, 0.29) is 18.0 Å². The molecule has 0 aliphatic heterocycles. The van der Waals surface area contributed by atoms with Crippen LogP contribution in [0.1, 0.15) is 19.3 Å². The van der Waals surface area contributed by atoms with Crippen LogP contribution in [-0.2, 0) is 4.79 Å². The molecule has 7 nitrogen and oxygen atoms in total. The lowest BCUT2D eigenvalue weighted by Gasteiger charge is -2.21. The number of aromatic nitrogens is 2. The summed E-state index contributed by atoms with van der Waals surface area (Å²) >= 11 is 13.1. The lowest BCUT2D eigenvalue weighted by molar-refractivity contribution is -0.117. The zero-order chi connectivity index (χ0) is 23.5. The Bertz CT molecular complexity index is 1190. The minimum atomic E-state index is -0.174. The van der Waals surface area contributed by atoms with E-state index < -0.39 is 0 Å². The van der Waals surface area contributed by atoms with Gasteiger partial charge in [-0.15, -0.1) is 0 Å². The Morgan fingerprint density at radius 1 is 1.12 bits per heavy atom. The van der Waals surface area contributed by atoms with Crippen molar-refractivity contribution in [3.8, 4) is 22.6 Å². The number of nitrogens with zero attached hydrogens (tertiary/aromatic N) is 2. The molecule has 1 aliphatic rings. The van der Waals surface area contributed by atoms with Gasteiger partial charge in [0.2, 0.25) is 11.9 Å². The van der Waals surface area contributed by atoms with Crippen molar-refractivity contribution in [3.05, 3.63) is 53.2 Å². The van der Waals surface area contributed by atoms with Crippen molar-refractivity contribution in [1.82, 2.24) is 15.3 Å². The van der Waals surface area contributed by atoms with Crippen LogP contribution in [0.2, 0.25) is 10.0 Å². The molecule has 2 aromatic carbocycles. The topological polar surface area (TPSA) is 85.4 Å². The first-order valence-corrected chi connectivity index (χ1v) is 11.3. The molecule has 33 heavy (non-hydrogen) atoms. The fourth-order valence-corrected chi connectivity index (χ4v) is 4.83. The molecule has 0 unspecified atom stereocenters. The van der Waals surface area contributed by atoms with E-state index in [0.29, 0.717) is 33.1 Å². The van der Waals surface area contributed by atoms with Crippen molar-refractivity contribution in [1.29, 1.82) is 0 Å². The second-order valence-electron chi connectivity index (χ2n) is 7.75. The number of carbonyl (C=O) groups excluding carboxylic acids is 1. The van der Waals surface area contributed by atoms with Gasteiger partial charge in [0.25, 0.3) is 0 Å². The number of halogens is 2. The van der Waals surface area contributed by atoms with E-state index >= 15 is 0 Å². The molecular formula is C24H24Cl2N4O3. The quantitative estimate of drug-likeness (QED) is 0.443. The average molecular weight is 487 g/mol. The second-order valence-corrected chi connectivity index (χ2v) is 8.51. The van der Waals surface area contributed by atoms with Crippen molar-refractivity contribution < 1.29 is 14.3 Å².